The minimum absolute atomic E-state index is 0.0770. The Labute approximate surface area is 96.5 Å². The van der Waals surface area contributed by atoms with Crippen molar-refractivity contribution in [2.75, 3.05) is 12.8 Å². The lowest BCUT2D eigenvalue weighted by Gasteiger charge is -2.28. The van der Waals surface area contributed by atoms with Crippen molar-refractivity contribution in [2.45, 2.75) is 26.8 Å². The molecular formula is C12H19N3O. The lowest BCUT2D eigenvalue weighted by molar-refractivity contribution is 0.0708. The first-order valence-corrected chi connectivity index (χ1v) is 5.41. The number of aromatic nitrogens is 1. The zero-order chi connectivity index (χ0) is 12.3. The molecule has 1 unspecified atom stereocenters. The number of pyridine rings is 1. The molecule has 0 aliphatic carbocycles. The molecule has 0 aliphatic rings. The molecule has 88 valence electrons. The number of carbonyl (C=O) groups is 1. The maximum atomic E-state index is 12.1. The number of nitrogens with two attached hydrogens (primary N) is 1. The van der Waals surface area contributed by atoms with E-state index in [1.165, 1.54) is 6.20 Å². The third kappa shape index (κ3) is 2.51. The standard InChI is InChI=1S/C12H19N3O/c1-8(2)9(3)15(4)12(16)10-7-14-6-5-11(10)13/h5-9H,1-4H3,(H2,13,14). The zero-order valence-electron chi connectivity index (χ0n) is 10.3. The fourth-order valence-electron chi connectivity index (χ4n) is 1.41. The Morgan fingerprint density at radius 2 is 2.06 bits per heavy atom. The quantitative estimate of drug-likeness (QED) is 0.846. The molecule has 4 nitrogen and oxygen atoms in total. The first-order chi connectivity index (χ1) is 7.45. The average Bonchev–Trinajstić information content (AvgIpc) is 2.26. The van der Waals surface area contributed by atoms with E-state index in [0.717, 1.165) is 0 Å². The van der Waals surface area contributed by atoms with Crippen LogP contribution in [0.25, 0.3) is 0 Å². The van der Waals surface area contributed by atoms with Crippen molar-refractivity contribution in [3.8, 4) is 0 Å². The second-order valence-corrected chi connectivity index (χ2v) is 4.36. The van der Waals surface area contributed by atoms with E-state index in [2.05, 4.69) is 18.8 Å². The van der Waals surface area contributed by atoms with Gasteiger partial charge in [-0.05, 0) is 18.9 Å². The third-order valence-electron chi connectivity index (χ3n) is 2.98. The van der Waals surface area contributed by atoms with E-state index in [0.29, 0.717) is 17.2 Å². The van der Waals surface area contributed by atoms with Crippen LogP contribution in [0.5, 0.6) is 0 Å². The monoisotopic (exact) mass is 221 g/mol. The fourth-order valence-corrected chi connectivity index (χ4v) is 1.41. The predicted octanol–water partition coefficient (Wildman–Crippen LogP) is 1.78. The molecule has 0 aromatic carbocycles. The van der Waals surface area contributed by atoms with Gasteiger partial charge in [-0.1, -0.05) is 13.8 Å². The molecule has 16 heavy (non-hydrogen) atoms. The van der Waals surface area contributed by atoms with Gasteiger partial charge in [0.05, 0.1) is 5.56 Å². The molecule has 0 spiro atoms. The van der Waals surface area contributed by atoms with Crippen LogP contribution in [0.15, 0.2) is 18.5 Å². The van der Waals surface area contributed by atoms with Crippen LogP contribution in [0, 0.1) is 5.92 Å². The molecule has 0 saturated carbocycles. The first-order valence-electron chi connectivity index (χ1n) is 5.41. The number of amides is 1. The molecule has 0 radical (unpaired) electrons. The molecule has 1 atom stereocenters. The summed E-state index contributed by atoms with van der Waals surface area (Å²) in [6.07, 6.45) is 3.10. The number of anilines is 1. The van der Waals surface area contributed by atoms with Gasteiger partial charge < -0.3 is 10.6 Å². The number of carbonyl (C=O) groups excluding carboxylic acids is 1. The van der Waals surface area contributed by atoms with Crippen molar-refractivity contribution in [2.24, 2.45) is 5.92 Å². The summed E-state index contributed by atoms with van der Waals surface area (Å²) in [5.41, 5.74) is 6.69. The molecule has 0 aliphatic heterocycles. The Balaban J connectivity index is 2.91. The molecule has 1 amide bonds. The van der Waals surface area contributed by atoms with Gasteiger partial charge in [-0.25, -0.2) is 0 Å². The normalized spacial score (nSPS) is 12.6. The number of hydrogen-bond acceptors (Lipinski definition) is 3. The highest BCUT2D eigenvalue weighted by atomic mass is 16.2. The summed E-state index contributed by atoms with van der Waals surface area (Å²) in [4.78, 5) is 17.7. The summed E-state index contributed by atoms with van der Waals surface area (Å²) in [7, 11) is 1.79. The van der Waals surface area contributed by atoms with Crippen LogP contribution in [-0.4, -0.2) is 28.9 Å². The molecule has 1 rings (SSSR count). The van der Waals surface area contributed by atoms with Crippen molar-refractivity contribution < 1.29 is 4.79 Å². The van der Waals surface area contributed by atoms with Crippen molar-refractivity contribution in [1.82, 2.24) is 9.88 Å². The van der Waals surface area contributed by atoms with Crippen LogP contribution in [0.1, 0.15) is 31.1 Å². The second kappa shape index (κ2) is 4.96. The Morgan fingerprint density at radius 3 is 2.56 bits per heavy atom. The summed E-state index contributed by atoms with van der Waals surface area (Å²) in [5.74, 6) is 0.332. The van der Waals surface area contributed by atoms with Crippen LogP contribution >= 0.6 is 0 Å². The summed E-state index contributed by atoms with van der Waals surface area (Å²) < 4.78 is 0. The fraction of sp³-hybridized carbons (Fsp3) is 0.500. The molecule has 0 saturated heterocycles. The van der Waals surface area contributed by atoms with E-state index in [1.807, 2.05) is 6.92 Å². The highest BCUT2D eigenvalue weighted by Crippen LogP contribution is 2.15. The largest absolute Gasteiger partial charge is 0.398 e. The number of nitrogen functional groups attached to an aromatic ring is 1. The van der Waals surface area contributed by atoms with E-state index < -0.39 is 0 Å². The van der Waals surface area contributed by atoms with Crippen LogP contribution in [-0.2, 0) is 0 Å². The van der Waals surface area contributed by atoms with Gasteiger partial charge in [-0.2, -0.15) is 0 Å². The van der Waals surface area contributed by atoms with Crippen LogP contribution in [0.3, 0.4) is 0 Å². The second-order valence-electron chi connectivity index (χ2n) is 4.36. The smallest absolute Gasteiger partial charge is 0.257 e. The Bertz CT molecular complexity index is 376. The van der Waals surface area contributed by atoms with Gasteiger partial charge in [0, 0.05) is 31.2 Å². The van der Waals surface area contributed by atoms with Gasteiger partial charge in [0.25, 0.3) is 5.91 Å². The van der Waals surface area contributed by atoms with Crippen LogP contribution in [0.4, 0.5) is 5.69 Å². The summed E-state index contributed by atoms with van der Waals surface area (Å²) in [6, 6.07) is 1.81. The van der Waals surface area contributed by atoms with E-state index >= 15 is 0 Å². The maximum Gasteiger partial charge on any atom is 0.257 e. The van der Waals surface area contributed by atoms with Crippen LogP contribution in [0.2, 0.25) is 0 Å². The molecule has 0 bridgehead atoms. The maximum absolute atomic E-state index is 12.1. The highest BCUT2D eigenvalue weighted by Gasteiger charge is 2.21. The highest BCUT2D eigenvalue weighted by molar-refractivity contribution is 5.98. The molecule has 1 aromatic heterocycles. The van der Waals surface area contributed by atoms with E-state index in [-0.39, 0.29) is 11.9 Å². The molecule has 2 N–H and O–H groups in total. The summed E-state index contributed by atoms with van der Waals surface area (Å²) >= 11 is 0. The lowest BCUT2D eigenvalue weighted by Crippen LogP contribution is -2.38. The molecule has 0 fully saturated rings. The zero-order valence-corrected chi connectivity index (χ0v) is 10.3. The molecule has 4 heteroatoms. The van der Waals surface area contributed by atoms with Crippen LogP contribution < -0.4 is 5.73 Å². The van der Waals surface area contributed by atoms with E-state index in [9.17, 15) is 4.79 Å². The Kier molecular flexibility index (Phi) is 3.88. The number of hydrogen-bond donors (Lipinski definition) is 1. The molecule has 1 heterocycles. The van der Waals surface area contributed by atoms with Gasteiger partial charge in [-0.15, -0.1) is 0 Å². The van der Waals surface area contributed by atoms with Crippen molar-refractivity contribution in [1.29, 1.82) is 0 Å². The van der Waals surface area contributed by atoms with E-state index in [4.69, 9.17) is 5.73 Å². The Hall–Kier alpha value is -1.58. The molecule has 1 aromatic rings. The minimum atomic E-state index is -0.0770. The van der Waals surface area contributed by atoms with Gasteiger partial charge >= 0.3 is 0 Å². The summed E-state index contributed by atoms with van der Waals surface area (Å²) in [6.45, 7) is 6.19. The lowest BCUT2D eigenvalue weighted by atomic mass is 10.0. The average molecular weight is 221 g/mol. The van der Waals surface area contributed by atoms with E-state index in [1.54, 1.807) is 24.2 Å². The SMILES string of the molecule is CC(C)C(C)N(C)C(=O)c1cnccc1N. The predicted molar refractivity (Wildman–Crippen MR) is 65.0 cm³/mol. The van der Waals surface area contributed by atoms with Gasteiger partial charge in [0.1, 0.15) is 0 Å². The molecular weight excluding hydrogens is 202 g/mol. The van der Waals surface area contributed by atoms with Crippen molar-refractivity contribution in [3.63, 3.8) is 0 Å². The topological polar surface area (TPSA) is 59.2 Å². The first kappa shape index (κ1) is 12.5. The third-order valence-corrected chi connectivity index (χ3v) is 2.98. The minimum Gasteiger partial charge on any atom is -0.398 e. The summed E-state index contributed by atoms with van der Waals surface area (Å²) in [5, 5.41) is 0. The number of nitrogens with zero attached hydrogens (tertiary/aromatic N) is 2. The Morgan fingerprint density at radius 1 is 1.44 bits per heavy atom. The van der Waals surface area contributed by atoms with Gasteiger partial charge in [-0.3, -0.25) is 9.78 Å². The van der Waals surface area contributed by atoms with Crippen molar-refractivity contribution in [3.05, 3.63) is 24.0 Å². The number of rotatable bonds is 3. The van der Waals surface area contributed by atoms with Crippen molar-refractivity contribution >= 4 is 11.6 Å². The van der Waals surface area contributed by atoms with Gasteiger partial charge in [0.2, 0.25) is 0 Å². The van der Waals surface area contributed by atoms with Gasteiger partial charge in [0.15, 0.2) is 0 Å².